The summed E-state index contributed by atoms with van der Waals surface area (Å²) in [6, 6.07) is 55.7. The minimum atomic E-state index is 0.791. The molecule has 0 bridgehead atoms. The third-order valence-electron chi connectivity index (χ3n) is 8.73. The Hall–Kier alpha value is -5.86. The van der Waals surface area contributed by atoms with Crippen molar-refractivity contribution in [1.29, 1.82) is 0 Å². The van der Waals surface area contributed by atoms with Crippen molar-refractivity contribution in [3.63, 3.8) is 0 Å². The van der Waals surface area contributed by atoms with Crippen LogP contribution in [0.1, 0.15) is 0 Å². The van der Waals surface area contributed by atoms with E-state index in [2.05, 4.69) is 146 Å². The molecule has 0 amide bonds. The maximum atomic E-state index is 6.44. The van der Waals surface area contributed by atoms with Crippen LogP contribution in [-0.4, -0.2) is 0 Å². The van der Waals surface area contributed by atoms with Crippen molar-refractivity contribution in [3.8, 4) is 44.5 Å². The van der Waals surface area contributed by atoms with Gasteiger partial charge in [-0.25, -0.2) is 0 Å². The molecule has 0 atom stereocenters. The van der Waals surface area contributed by atoms with E-state index in [1.54, 1.807) is 0 Å². The van der Waals surface area contributed by atoms with Crippen LogP contribution in [0.5, 0.6) is 0 Å². The summed E-state index contributed by atoms with van der Waals surface area (Å²) in [5.41, 5.74) is 12.8. The zero-order valence-corrected chi connectivity index (χ0v) is 23.8. The van der Waals surface area contributed by atoms with E-state index in [4.69, 9.17) is 8.83 Å². The molecule has 0 saturated carbocycles. The Balaban J connectivity index is 1.10. The fraction of sp³-hybridized carbons (Fsp3) is 0. The Bertz CT molecular complexity index is 2270. The molecule has 0 saturated heterocycles. The minimum absolute atomic E-state index is 0.791. The van der Waals surface area contributed by atoms with Crippen LogP contribution in [0, 0.1) is 0 Å². The molecule has 0 N–H and O–H groups in total. The second kappa shape index (κ2) is 9.86. The van der Waals surface area contributed by atoms with E-state index in [0.717, 1.165) is 55.0 Å². The number of hydrogen-bond acceptors (Lipinski definition) is 2. The predicted molar refractivity (Wildman–Crippen MR) is 183 cm³/mol. The van der Waals surface area contributed by atoms with Crippen LogP contribution >= 0.6 is 0 Å². The van der Waals surface area contributed by atoms with Gasteiger partial charge in [-0.1, -0.05) is 121 Å². The molecular weight excluding hydrogens is 536 g/mol. The first-order valence-electron chi connectivity index (χ1n) is 14.9. The summed E-state index contributed by atoms with van der Waals surface area (Å²) in [5, 5.41) is 4.30. The van der Waals surface area contributed by atoms with E-state index in [1.165, 1.54) is 33.4 Å². The van der Waals surface area contributed by atoms with E-state index in [1.807, 2.05) is 12.1 Å². The van der Waals surface area contributed by atoms with Gasteiger partial charge in [-0.3, -0.25) is 0 Å². The van der Waals surface area contributed by atoms with Crippen LogP contribution in [0.25, 0.3) is 88.4 Å². The molecule has 206 valence electrons. The van der Waals surface area contributed by atoms with Gasteiger partial charge in [0.1, 0.15) is 11.2 Å². The molecule has 0 radical (unpaired) electrons. The van der Waals surface area contributed by atoms with Crippen LogP contribution in [0.4, 0.5) is 0 Å². The maximum Gasteiger partial charge on any atom is 0.178 e. The number of fused-ring (bicyclic) bond motifs is 7. The summed E-state index contributed by atoms with van der Waals surface area (Å²) in [4.78, 5) is 0. The Morgan fingerprint density at radius 1 is 0.250 bits per heavy atom. The van der Waals surface area contributed by atoms with E-state index < -0.39 is 0 Å². The van der Waals surface area contributed by atoms with Gasteiger partial charge in [0.25, 0.3) is 0 Å². The molecular formula is C42H26O2. The predicted octanol–water partition coefficient (Wildman–Crippen LogP) is 12.2. The van der Waals surface area contributed by atoms with Gasteiger partial charge in [0, 0.05) is 21.5 Å². The van der Waals surface area contributed by atoms with E-state index in [-0.39, 0.29) is 0 Å². The van der Waals surface area contributed by atoms with Crippen LogP contribution in [0.15, 0.2) is 167 Å². The van der Waals surface area contributed by atoms with Crippen LogP contribution in [0.3, 0.4) is 0 Å². The number of hydrogen-bond donors (Lipinski definition) is 0. The standard InChI is InChI=1S/C42H26O2/c1-3-7-27(8-4-1)29-11-15-31(16-12-29)33-19-23-39-37(25-33)35-21-22-36-38-26-34(20-24-40(38)44-42(36)41(35)43-39)32-17-13-30(14-18-32)28-9-5-2-6-10-28/h1-26H. The maximum absolute atomic E-state index is 6.44. The van der Waals surface area contributed by atoms with Crippen LogP contribution in [-0.2, 0) is 0 Å². The summed E-state index contributed by atoms with van der Waals surface area (Å²) in [6.45, 7) is 0. The highest BCUT2D eigenvalue weighted by molar-refractivity contribution is 6.19. The summed E-state index contributed by atoms with van der Waals surface area (Å²) < 4.78 is 12.9. The summed E-state index contributed by atoms with van der Waals surface area (Å²) >= 11 is 0. The summed E-state index contributed by atoms with van der Waals surface area (Å²) in [7, 11) is 0. The highest BCUT2D eigenvalue weighted by Crippen LogP contribution is 2.41. The average molecular weight is 563 g/mol. The largest absolute Gasteiger partial charge is 0.452 e. The molecule has 0 unspecified atom stereocenters. The lowest BCUT2D eigenvalue weighted by Gasteiger charge is -2.05. The van der Waals surface area contributed by atoms with Crippen molar-refractivity contribution in [2.75, 3.05) is 0 Å². The van der Waals surface area contributed by atoms with Crippen molar-refractivity contribution < 1.29 is 8.83 Å². The van der Waals surface area contributed by atoms with Crippen molar-refractivity contribution in [3.05, 3.63) is 158 Å². The minimum Gasteiger partial charge on any atom is -0.452 e. The Kier molecular flexibility index (Phi) is 5.54. The summed E-state index contributed by atoms with van der Waals surface area (Å²) in [5.74, 6) is 0. The van der Waals surface area contributed by atoms with Crippen molar-refractivity contribution >= 4 is 43.9 Å². The van der Waals surface area contributed by atoms with Gasteiger partial charge in [0.05, 0.1) is 0 Å². The number of rotatable bonds is 4. The van der Waals surface area contributed by atoms with E-state index >= 15 is 0 Å². The Labute approximate surface area is 254 Å². The topological polar surface area (TPSA) is 26.3 Å². The molecule has 7 aromatic carbocycles. The lowest BCUT2D eigenvalue weighted by atomic mass is 9.98. The molecule has 0 spiro atoms. The van der Waals surface area contributed by atoms with Crippen LogP contribution in [0.2, 0.25) is 0 Å². The van der Waals surface area contributed by atoms with E-state index in [9.17, 15) is 0 Å². The molecule has 2 heterocycles. The zero-order valence-electron chi connectivity index (χ0n) is 23.8. The third kappa shape index (κ3) is 4.04. The van der Waals surface area contributed by atoms with Gasteiger partial charge in [-0.15, -0.1) is 0 Å². The van der Waals surface area contributed by atoms with Gasteiger partial charge in [-0.05, 0) is 80.9 Å². The first-order chi connectivity index (χ1) is 21.8. The first-order valence-corrected chi connectivity index (χ1v) is 14.9. The Morgan fingerprint density at radius 3 is 0.955 bits per heavy atom. The molecule has 0 aliphatic carbocycles. The fourth-order valence-corrected chi connectivity index (χ4v) is 6.40. The smallest absolute Gasteiger partial charge is 0.178 e. The molecule has 9 aromatic rings. The van der Waals surface area contributed by atoms with Crippen molar-refractivity contribution in [1.82, 2.24) is 0 Å². The van der Waals surface area contributed by atoms with Gasteiger partial charge >= 0.3 is 0 Å². The molecule has 0 aliphatic heterocycles. The van der Waals surface area contributed by atoms with Crippen molar-refractivity contribution in [2.45, 2.75) is 0 Å². The summed E-state index contributed by atoms with van der Waals surface area (Å²) in [6.07, 6.45) is 0. The normalized spacial score (nSPS) is 11.6. The van der Waals surface area contributed by atoms with Crippen molar-refractivity contribution in [2.24, 2.45) is 0 Å². The Morgan fingerprint density at radius 2 is 0.568 bits per heavy atom. The van der Waals surface area contributed by atoms with Gasteiger partial charge in [0.2, 0.25) is 0 Å². The second-order valence-corrected chi connectivity index (χ2v) is 11.3. The average Bonchev–Trinajstić information content (AvgIpc) is 3.67. The van der Waals surface area contributed by atoms with Gasteiger partial charge in [0.15, 0.2) is 11.2 Å². The molecule has 9 rings (SSSR count). The molecule has 2 nitrogen and oxygen atoms in total. The molecule has 0 aliphatic rings. The van der Waals surface area contributed by atoms with Gasteiger partial charge < -0.3 is 8.83 Å². The quantitative estimate of drug-likeness (QED) is 0.213. The molecule has 0 fully saturated rings. The molecule has 2 heteroatoms. The monoisotopic (exact) mass is 562 g/mol. The van der Waals surface area contributed by atoms with Crippen LogP contribution < -0.4 is 0 Å². The highest BCUT2D eigenvalue weighted by atomic mass is 16.4. The third-order valence-corrected chi connectivity index (χ3v) is 8.73. The fourth-order valence-electron chi connectivity index (χ4n) is 6.40. The van der Waals surface area contributed by atoms with Gasteiger partial charge in [-0.2, -0.15) is 0 Å². The molecule has 44 heavy (non-hydrogen) atoms. The first kappa shape index (κ1) is 24.7. The molecule has 2 aromatic heterocycles. The zero-order chi connectivity index (χ0) is 29.0. The number of benzene rings is 7. The highest BCUT2D eigenvalue weighted by Gasteiger charge is 2.17. The van der Waals surface area contributed by atoms with E-state index in [0.29, 0.717) is 0 Å². The SMILES string of the molecule is c1ccc(-c2ccc(-c3ccc4oc5c(ccc6c7cc(-c8ccc(-c9ccccc9)cc8)ccc7oc65)c4c3)cc2)cc1. The lowest BCUT2D eigenvalue weighted by molar-refractivity contribution is 0.633. The number of furan rings is 2. The lowest BCUT2D eigenvalue weighted by Crippen LogP contribution is -1.80. The second-order valence-electron chi connectivity index (χ2n) is 11.3.